The molecule has 0 aliphatic carbocycles. The highest BCUT2D eigenvalue weighted by Crippen LogP contribution is 2.19. The number of rotatable bonds is 2. The second-order valence-corrected chi connectivity index (χ2v) is 5.07. The molecule has 1 N–H and O–H groups in total. The highest BCUT2D eigenvalue weighted by atomic mass is 79.9. The predicted molar refractivity (Wildman–Crippen MR) is 74.8 cm³/mol. The molecule has 0 spiro atoms. The zero-order valence-corrected chi connectivity index (χ0v) is 12.1. The summed E-state index contributed by atoms with van der Waals surface area (Å²) in [4.78, 5) is 12.1. The van der Waals surface area contributed by atoms with Crippen LogP contribution in [0.2, 0.25) is 0 Å². The molecule has 0 bridgehead atoms. The van der Waals surface area contributed by atoms with Crippen LogP contribution in [0.1, 0.15) is 21.6 Å². The number of halogens is 1. The first kappa shape index (κ1) is 12.8. The summed E-state index contributed by atoms with van der Waals surface area (Å²) in [6, 6.07) is 5.53. The van der Waals surface area contributed by atoms with Crippen LogP contribution in [0.3, 0.4) is 0 Å². The van der Waals surface area contributed by atoms with Gasteiger partial charge in [-0.05, 0) is 31.5 Å². The third kappa shape index (κ3) is 2.61. The third-order valence-corrected chi connectivity index (χ3v) is 3.55. The fraction of sp³-hybridized carbons (Fsp3) is 0.231. The average molecular weight is 308 g/mol. The molecule has 4 nitrogen and oxygen atoms in total. The molecule has 94 valence electrons. The lowest BCUT2D eigenvalue weighted by Crippen LogP contribution is -2.12. The number of nitrogens with one attached hydrogen (secondary N) is 1. The van der Waals surface area contributed by atoms with Crippen LogP contribution in [-0.2, 0) is 7.05 Å². The quantitative estimate of drug-likeness (QED) is 0.927. The molecule has 2 aromatic rings. The van der Waals surface area contributed by atoms with Gasteiger partial charge in [-0.15, -0.1) is 0 Å². The smallest absolute Gasteiger partial charge is 0.255 e. The van der Waals surface area contributed by atoms with Gasteiger partial charge in [0.1, 0.15) is 0 Å². The summed E-state index contributed by atoms with van der Waals surface area (Å²) in [6.07, 6.45) is 1.79. The molecule has 0 saturated heterocycles. The van der Waals surface area contributed by atoms with Crippen LogP contribution in [0, 0.1) is 13.8 Å². The summed E-state index contributed by atoms with van der Waals surface area (Å²) in [5.41, 5.74) is 3.26. The number of anilines is 1. The maximum absolute atomic E-state index is 12.1. The van der Waals surface area contributed by atoms with Gasteiger partial charge in [0.2, 0.25) is 0 Å². The van der Waals surface area contributed by atoms with Gasteiger partial charge in [-0.1, -0.05) is 22.0 Å². The second kappa shape index (κ2) is 4.94. The van der Waals surface area contributed by atoms with E-state index in [-0.39, 0.29) is 5.91 Å². The normalized spacial score (nSPS) is 10.4. The predicted octanol–water partition coefficient (Wildman–Crippen LogP) is 3.05. The van der Waals surface area contributed by atoms with E-state index in [2.05, 4.69) is 26.3 Å². The Bertz CT molecular complexity index is 604. The van der Waals surface area contributed by atoms with E-state index in [1.165, 1.54) is 0 Å². The Labute approximate surface area is 114 Å². The molecular weight excluding hydrogens is 294 g/mol. The van der Waals surface area contributed by atoms with Gasteiger partial charge in [-0.3, -0.25) is 9.48 Å². The number of hydrogen-bond donors (Lipinski definition) is 1. The largest absolute Gasteiger partial charge is 0.319 e. The van der Waals surface area contributed by atoms with Crippen molar-refractivity contribution in [3.8, 4) is 0 Å². The van der Waals surface area contributed by atoms with Crippen LogP contribution in [0.4, 0.5) is 5.69 Å². The Balaban J connectivity index is 2.22. The summed E-state index contributed by atoms with van der Waals surface area (Å²) >= 11 is 3.42. The van der Waals surface area contributed by atoms with Gasteiger partial charge in [-0.2, -0.15) is 5.10 Å². The van der Waals surface area contributed by atoms with Crippen molar-refractivity contribution < 1.29 is 4.79 Å². The van der Waals surface area contributed by atoms with Crippen LogP contribution in [0.25, 0.3) is 0 Å². The van der Waals surface area contributed by atoms with E-state index in [1.54, 1.807) is 16.9 Å². The van der Waals surface area contributed by atoms with Crippen molar-refractivity contribution in [3.05, 3.63) is 45.7 Å². The van der Waals surface area contributed by atoms with E-state index in [1.807, 2.05) is 33.0 Å². The van der Waals surface area contributed by atoms with E-state index in [9.17, 15) is 4.79 Å². The third-order valence-electron chi connectivity index (χ3n) is 2.70. The summed E-state index contributed by atoms with van der Waals surface area (Å²) in [7, 11) is 1.82. The number of hydrogen-bond acceptors (Lipinski definition) is 2. The summed E-state index contributed by atoms with van der Waals surface area (Å²) in [5.74, 6) is -0.133. The van der Waals surface area contributed by atoms with Crippen molar-refractivity contribution >= 4 is 27.5 Å². The van der Waals surface area contributed by atoms with Gasteiger partial charge in [0, 0.05) is 23.3 Å². The van der Waals surface area contributed by atoms with Crippen LogP contribution < -0.4 is 5.32 Å². The van der Waals surface area contributed by atoms with Crippen molar-refractivity contribution in [3.63, 3.8) is 0 Å². The summed E-state index contributed by atoms with van der Waals surface area (Å²) in [6.45, 7) is 3.84. The highest BCUT2D eigenvalue weighted by Gasteiger charge is 2.10. The first-order chi connectivity index (χ1) is 8.47. The van der Waals surface area contributed by atoms with Crippen LogP contribution >= 0.6 is 15.9 Å². The molecule has 0 radical (unpaired) electrons. The lowest BCUT2D eigenvalue weighted by Gasteiger charge is -2.05. The molecule has 0 aliphatic heterocycles. The van der Waals surface area contributed by atoms with Gasteiger partial charge in [0.05, 0.1) is 11.4 Å². The summed E-state index contributed by atoms with van der Waals surface area (Å²) < 4.78 is 2.61. The van der Waals surface area contributed by atoms with Crippen LogP contribution in [0.15, 0.2) is 28.9 Å². The topological polar surface area (TPSA) is 46.9 Å². The van der Waals surface area contributed by atoms with Crippen LogP contribution in [0.5, 0.6) is 0 Å². The molecule has 0 saturated carbocycles. The SMILES string of the molecule is Cc1ccc(C(=O)Nc2cn(C)nc2C)cc1Br. The number of aryl methyl sites for hydroxylation is 3. The van der Waals surface area contributed by atoms with E-state index in [0.29, 0.717) is 5.56 Å². The van der Waals surface area contributed by atoms with Crippen molar-refractivity contribution in [2.45, 2.75) is 13.8 Å². The Morgan fingerprint density at radius 3 is 2.67 bits per heavy atom. The van der Waals surface area contributed by atoms with Gasteiger partial charge < -0.3 is 5.32 Å². The number of aromatic nitrogens is 2. The maximum atomic E-state index is 12.1. The molecule has 0 fully saturated rings. The van der Waals surface area contributed by atoms with E-state index in [4.69, 9.17) is 0 Å². The number of carbonyl (C=O) groups is 1. The van der Waals surface area contributed by atoms with Crippen molar-refractivity contribution in [1.29, 1.82) is 0 Å². The van der Waals surface area contributed by atoms with Crippen molar-refractivity contribution in [2.24, 2.45) is 7.05 Å². The monoisotopic (exact) mass is 307 g/mol. The lowest BCUT2D eigenvalue weighted by atomic mass is 10.1. The first-order valence-electron chi connectivity index (χ1n) is 5.55. The second-order valence-electron chi connectivity index (χ2n) is 4.22. The van der Waals surface area contributed by atoms with Crippen LogP contribution in [-0.4, -0.2) is 15.7 Å². The van der Waals surface area contributed by atoms with E-state index in [0.717, 1.165) is 21.4 Å². The molecule has 0 atom stereocenters. The highest BCUT2D eigenvalue weighted by molar-refractivity contribution is 9.10. The first-order valence-corrected chi connectivity index (χ1v) is 6.34. The zero-order valence-electron chi connectivity index (χ0n) is 10.5. The van der Waals surface area contributed by atoms with Crippen molar-refractivity contribution in [1.82, 2.24) is 9.78 Å². The van der Waals surface area contributed by atoms with E-state index < -0.39 is 0 Å². The minimum atomic E-state index is -0.133. The molecule has 0 aliphatic rings. The van der Waals surface area contributed by atoms with Gasteiger partial charge in [0.15, 0.2) is 0 Å². The number of amides is 1. The fourth-order valence-corrected chi connectivity index (χ4v) is 2.03. The molecule has 1 heterocycles. The fourth-order valence-electron chi connectivity index (χ4n) is 1.65. The van der Waals surface area contributed by atoms with E-state index >= 15 is 0 Å². The maximum Gasteiger partial charge on any atom is 0.255 e. The lowest BCUT2D eigenvalue weighted by molar-refractivity contribution is 0.102. The molecule has 1 aromatic carbocycles. The standard InChI is InChI=1S/C13H14BrN3O/c1-8-4-5-10(6-11(8)14)13(18)15-12-7-17(3)16-9(12)2/h4-7H,1-3H3,(H,15,18). The Kier molecular flexibility index (Phi) is 3.52. The molecule has 5 heteroatoms. The Hall–Kier alpha value is -1.62. The molecular formula is C13H14BrN3O. The van der Waals surface area contributed by atoms with Gasteiger partial charge in [0.25, 0.3) is 5.91 Å². The minimum absolute atomic E-state index is 0.133. The number of nitrogens with zero attached hydrogens (tertiary/aromatic N) is 2. The number of carbonyl (C=O) groups excluding carboxylic acids is 1. The Morgan fingerprint density at radius 2 is 2.11 bits per heavy atom. The van der Waals surface area contributed by atoms with Gasteiger partial charge >= 0.3 is 0 Å². The molecule has 0 unspecified atom stereocenters. The minimum Gasteiger partial charge on any atom is -0.319 e. The average Bonchev–Trinajstić information content (AvgIpc) is 2.61. The van der Waals surface area contributed by atoms with Gasteiger partial charge in [-0.25, -0.2) is 0 Å². The summed E-state index contributed by atoms with van der Waals surface area (Å²) in [5, 5.41) is 7.03. The molecule has 2 rings (SSSR count). The zero-order chi connectivity index (χ0) is 13.3. The Morgan fingerprint density at radius 1 is 1.39 bits per heavy atom. The molecule has 1 aromatic heterocycles. The van der Waals surface area contributed by atoms with Crippen molar-refractivity contribution in [2.75, 3.05) is 5.32 Å². The number of benzene rings is 1. The molecule has 18 heavy (non-hydrogen) atoms. The molecule has 1 amide bonds.